The molecule has 7 rings (SSSR count). The summed E-state index contributed by atoms with van der Waals surface area (Å²) in [5.74, 6) is -4.49. The average molecular weight is 517 g/mol. The maximum Gasteiger partial charge on any atom is 0.332 e. The molecule has 10 nitrogen and oxygen atoms in total. The van der Waals surface area contributed by atoms with Crippen molar-refractivity contribution < 1.29 is 47.9 Å². The monoisotopic (exact) mass is 516 g/mol. The number of esters is 3. The van der Waals surface area contributed by atoms with Gasteiger partial charge in [0.2, 0.25) is 6.29 Å². The molecular weight excluding hydrogens is 484 g/mol. The SMILES string of the molecule is COC(=O)CC12C3C4OC(=O)C3(C)CC3C5(CO5)C5=CC(=O)OC(C)(C)C5=CC(OC1(O)C(C)O4)C32C. The van der Waals surface area contributed by atoms with Crippen LogP contribution >= 0.6 is 0 Å². The molecule has 1 saturated carbocycles. The molecule has 0 aromatic carbocycles. The lowest BCUT2D eigenvalue weighted by Crippen LogP contribution is -2.74. The minimum Gasteiger partial charge on any atom is -0.469 e. The third-order valence-electron chi connectivity index (χ3n) is 10.9. The van der Waals surface area contributed by atoms with E-state index in [2.05, 4.69) is 0 Å². The van der Waals surface area contributed by atoms with Gasteiger partial charge in [-0.3, -0.25) is 9.59 Å². The number of hydrogen-bond acceptors (Lipinski definition) is 10. The zero-order chi connectivity index (χ0) is 26.6. The molecule has 0 bridgehead atoms. The summed E-state index contributed by atoms with van der Waals surface area (Å²) in [5.41, 5.74) is -3.83. The number of hydrogen-bond donors (Lipinski definition) is 1. The van der Waals surface area contributed by atoms with Crippen LogP contribution < -0.4 is 0 Å². The Morgan fingerprint density at radius 1 is 1.19 bits per heavy atom. The lowest BCUT2D eigenvalue weighted by Gasteiger charge is -2.65. The fraction of sp³-hybridized carbons (Fsp3) is 0.741. The second-order valence-corrected chi connectivity index (χ2v) is 12.7. The van der Waals surface area contributed by atoms with E-state index >= 15 is 0 Å². The summed E-state index contributed by atoms with van der Waals surface area (Å²) in [7, 11) is 1.30. The van der Waals surface area contributed by atoms with Gasteiger partial charge in [-0.05, 0) is 45.8 Å². The van der Waals surface area contributed by atoms with E-state index < -0.39 is 81.5 Å². The Labute approximate surface area is 214 Å². The van der Waals surface area contributed by atoms with Crippen LogP contribution in [-0.2, 0) is 42.8 Å². The predicted molar refractivity (Wildman–Crippen MR) is 122 cm³/mol. The molecule has 0 radical (unpaired) electrons. The van der Waals surface area contributed by atoms with Crippen molar-refractivity contribution in [3.63, 3.8) is 0 Å². The number of methoxy groups -OCH3 is 1. The fourth-order valence-electron chi connectivity index (χ4n) is 9.20. The molecule has 37 heavy (non-hydrogen) atoms. The highest BCUT2D eigenvalue weighted by atomic mass is 16.7. The molecule has 1 spiro atoms. The van der Waals surface area contributed by atoms with Gasteiger partial charge in [-0.15, -0.1) is 0 Å². The van der Waals surface area contributed by atoms with Crippen LogP contribution in [0.5, 0.6) is 0 Å². The Hall–Kier alpha value is -2.27. The Morgan fingerprint density at radius 3 is 2.54 bits per heavy atom. The number of cyclic esters (lactones) is 1. The van der Waals surface area contributed by atoms with Crippen molar-refractivity contribution in [1.82, 2.24) is 0 Å². The van der Waals surface area contributed by atoms with Crippen LogP contribution in [0.4, 0.5) is 0 Å². The van der Waals surface area contributed by atoms with E-state index in [-0.39, 0.29) is 6.42 Å². The van der Waals surface area contributed by atoms with Crippen molar-refractivity contribution >= 4 is 17.9 Å². The van der Waals surface area contributed by atoms with Crippen molar-refractivity contribution in [2.75, 3.05) is 13.7 Å². The van der Waals surface area contributed by atoms with Crippen molar-refractivity contribution in [2.24, 2.45) is 28.1 Å². The number of epoxide rings is 1. The first-order valence-electron chi connectivity index (χ1n) is 12.9. The van der Waals surface area contributed by atoms with Crippen molar-refractivity contribution in [3.05, 3.63) is 23.3 Å². The normalized spacial score (nSPS) is 53.8. The standard InChI is InChI=1S/C27H32O10/c1-12-27(31)26(10-18(29)32-6)19-20(34-12)35-21(30)23(19,4)9-15-24(26,5)16(36-27)7-13-14(25(15)11-33-25)8-17(28)37-22(13,2)3/h7-8,12,15-16,19-20,31H,9-11H2,1-6H3. The minimum atomic E-state index is -1.94. The van der Waals surface area contributed by atoms with Gasteiger partial charge in [0.15, 0.2) is 5.79 Å². The molecule has 2 aliphatic carbocycles. The van der Waals surface area contributed by atoms with E-state index in [1.54, 1.807) is 6.92 Å². The molecule has 5 fully saturated rings. The number of rotatable bonds is 2. The molecule has 4 saturated heterocycles. The highest BCUT2D eigenvalue weighted by molar-refractivity contribution is 5.88. The molecule has 10 atom stereocenters. The van der Waals surface area contributed by atoms with E-state index in [9.17, 15) is 19.5 Å². The van der Waals surface area contributed by atoms with Crippen LogP contribution in [0.1, 0.15) is 47.5 Å². The second-order valence-electron chi connectivity index (χ2n) is 12.7. The van der Waals surface area contributed by atoms with Crippen molar-refractivity contribution in [2.45, 2.75) is 82.9 Å². The molecule has 7 aliphatic rings. The summed E-state index contributed by atoms with van der Waals surface area (Å²) in [6.45, 7) is 9.44. The van der Waals surface area contributed by atoms with E-state index in [1.165, 1.54) is 13.2 Å². The van der Waals surface area contributed by atoms with E-state index in [4.69, 9.17) is 28.4 Å². The lowest BCUT2D eigenvalue weighted by atomic mass is 9.37. The minimum absolute atomic E-state index is 0.207. The van der Waals surface area contributed by atoms with Crippen LogP contribution in [0.15, 0.2) is 23.3 Å². The summed E-state index contributed by atoms with van der Waals surface area (Å²) in [6.07, 6.45) is 0.944. The first-order chi connectivity index (χ1) is 17.2. The zero-order valence-corrected chi connectivity index (χ0v) is 21.8. The van der Waals surface area contributed by atoms with Gasteiger partial charge >= 0.3 is 17.9 Å². The average Bonchev–Trinajstić information content (AvgIpc) is 3.53. The topological polar surface area (TPSA) is 130 Å². The summed E-state index contributed by atoms with van der Waals surface area (Å²) < 4.78 is 35.7. The number of aliphatic hydroxyl groups is 1. The third kappa shape index (κ3) is 2.33. The number of fused-ring (bicyclic) bond motifs is 3. The van der Waals surface area contributed by atoms with Crippen LogP contribution in [0.3, 0.4) is 0 Å². The summed E-state index contributed by atoms with van der Waals surface area (Å²) in [5, 5.41) is 12.5. The molecule has 5 heterocycles. The highest BCUT2D eigenvalue weighted by Crippen LogP contribution is 2.81. The summed E-state index contributed by atoms with van der Waals surface area (Å²) >= 11 is 0. The van der Waals surface area contributed by atoms with Crippen LogP contribution in [0.2, 0.25) is 0 Å². The molecule has 0 amide bonds. The van der Waals surface area contributed by atoms with Gasteiger partial charge in [-0.2, -0.15) is 0 Å². The van der Waals surface area contributed by atoms with Gasteiger partial charge in [0.25, 0.3) is 0 Å². The molecule has 0 aromatic heterocycles. The van der Waals surface area contributed by atoms with Crippen LogP contribution in [-0.4, -0.2) is 72.2 Å². The molecule has 1 N–H and O–H groups in total. The number of ether oxygens (including phenoxy) is 6. The Kier molecular flexibility index (Phi) is 4.17. The van der Waals surface area contributed by atoms with Crippen LogP contribution in [0, 0.1) is 28.1 Å². The molecule has 10 unspecified atom stereocenters. The highest BCUT2D eigenvalue weighted by Gasteiger charge is 2.89. The molecule has 5 aliphatic heterocycles. The fourth-order valence-corrected chi connectivity index (χ4v) is 9.20. The zero-order valence-electron chi connectivity index (χ0n) is 21.8. The first kappa shape index (κ1) is 23.8. The smallest absolute Gasteiger partial charge is 0.332 e. The van der Waals surface area contributed by atoms with Crippen molar-refractivity contribution in [1.29, 1.82) is 0 Å². The first-order valence-corrected chi connectivity index (χ1v) is 12.9. The van der Waals surface area contributed by atoms with Gasteiger partial charge in [0.1, 0.15) is 17.3 Å². The van der Waals surface area contributed by atoms with Gasteiger partial charge in [0.05, 0.1) is 37.1 Å². The number of carbonyl (C=O) groups excluding carboxylic acids is 3. The van der Waals surface area contributed by atoms with Crippen LogP contribution in [0.25, 0.3) is 0 Å². The number of carbonyl (C=O) groups is 3. The predicted octanol–water partition coefficient (Wildman–Crippen LogP) is 1.54. The lowest BCUT2D eigenvalue weighted by molar-refractivity contribution is -0.384. The van der Waals surface area contributed by atoms with Gasteiger partial charge in [-0.25, -0.2) is 4.79 Å². The maximum absolute atomic E-state index is 13.6. The largest absolute Gasteiger partial charge is 0.469 e. The molecule has 10 heteroatoms. The van der Waals surface area contributed by atoms with Crippen molar-refractivity contribution in [3.8, 4) is 0 Å². The van der Waals surface area contributed by atoms with E-state index in [0.717, 1.165) is 5.57 Å². The third-order valence-corrected chi connectivity index (χ3v) is 10.9. The molecule has 200 valence electrons. The second kappa shape index (κ2) is 6.47. The summed E-state index contributed by atoms with van der Waals surface area (Å²) in [6, 6.07) is 0. The van der Waals surface area contributed by atoms with E-state index in [1.807, 2.05) is 33.8 Å². The van der Waals surface area contributed by atoms with Gasteiger partial charge in [0, 0.05) is 28.9 Å². The quantitative estimate of drug-likeness (QED) is 0.328. The Morgan fingerprint density at radius 2 is 1.89 bits per heavy atom. The summed E-state index contributed by atoms with van der Waals surface area (Å²) in [4.78, 5) is 39.4. The molecule has 0 aromatic rings. The Balaban J connectivity index is 1.58. The molecular formula is C27H32O10. The Bertz CT molecular complexity index is 1230. The van der Waals surface area contributed by atoms with Gasteiger partial charge < -0.3 is 33.5 Å². The van der Waals surface area contributed by atoms with E-state index in [0.29, 0.717) is 18.6 Å². The maximum atomic E-state index is 13.6. The van der Waals surface area contributed by atoms with Gasteiger partial charge in [-0.1, -0.05) is 6.92 Å².